The van der Waals surface area contributed by atoms with Crippen molar-refractivity contribution < 1.29 is 13.9 Å². The molecule has 5 heteroatoms. The Kier molecular flexibility index (Phi) is 5.27. The highest BCUT2D eigenvalue weighted by atomic mass is 19.1. The summed E-state index contributed by atoms with van der Waals surface area (Å²) >= 11 is 0. The van der Waals surface area contributed by atoms with Crippen molar-refractivity contribution in [2.45, 2.75) is 32.8 Å². The van der Waals surface area contributed by atoms with Crippen molar-refractivity contribution in [2.24, 2.45) is 0 Å². The first kappa shape index (κ1) is 15.7. The Morgan fingerprint density at radius 2 is 2.20 bits per heavy atom. The lowest BCUT2D eigenvalue weighted by molar-refractivity contribution is 0.0635. The van der Waals surface area contributed by atoms with Gasteiger partial charge in [0, 0.05) is 0 Å². The number of rotatable bonds is 3. The molecule has 0 aliphatic rings. The van der Waals surface area contributed by atoms with E-state index in [2.05, 4.69) is 5.32 Å². The van der Waals surface area contributed by atoms with Crippen LogP contribution in [0.25, 0.3) is 6.08 Å². The number of benzene rings is 1. The molecule has 0 atom stereocenters. The Balaban J connectivity index is 2.74. The Labute approximate surface area is 117 Å². The second-order valence-corrected chi connectivity index (χ2v) is 5.13. The van der Waals surface area contributed by atoms with E-state index in [0.717, 1.165) is 0 Å². The maximum Gasteiger partial charge on any atom is 0.412 e. The van der Waals surface area contributed by atoms with Gasteiger partial charge in [-0.3, -0.25) is 5.32 Å². The molecule has 0 fully saturated rings. The van der Waals surface area contributed by atoms with Crippen LogP contribution in [0.2, 0.25) is 0 Å². The highest BCUT2D eigenvalue weighted by molar-refractivity contribution is 5.85. The lowest BCUT2D eigenvalue weighted by Crippen LogP contribution is -2.27. The number of carbonyl (C=O) groups excluding carboxylic acids is 1. The SMILES string of the molecule is CC(C)(C)OC(=O)Nc1ccc(C=CCC#N)cc1F. The van der Waals surface area contributed by atoms with Gasteiger partial charge in [0.05, 0.1) is 18.2 Å². The smallest absolute Gasteiger partial charge is 0.412 e. The Morgan fingerprint density at radius 3 is 2.75 bits per heavy atom. The molecule has 0 saturated heterocycles. The predicted octanol–water partition coefficient (Wildman–Crippen LogP) is 4.10. The number of ether oxygens (including phenoxy) is 1. The van der Waals surface area contributed by atoms with E-state index in [9.17, 15) is 9.18 Å². The zero-order valence-electron chi connectivity index (χ0n) is 11.7. The molecule has 0 aliphatic carbocycles. The first-order chi connectivity index (χ1) is 9.31. The summed E-state index contributed by atoms with van der Waals surface area (Å²) in [6.45, 7) is 5.18. The molecule has 0 aliphatic heterocycles. The average molecular weight is 276 g/mol. The minimum Gasteiger partial charge on any atom is -0.444 e. The zero-order chi connectivity index (χ0) is 15.2. The van der Waals surface area contributed by atoms with E-state index >= 15 is 0 Å². The van der Waals surface area contributed by atoms with E-state index in [1.54, 1.807) is 39.0 Å². The highest BCUT2D eigenvalue weighted by Crippen LogP contribution is 2.18. The number of hydrogen-bond acceptors (Lipinski definition) is 3. The zero-order valence-corrected chi connectivity index (χ0v) is 11.7. The summed E-state index contributed by atoms with van der Waals surface area (Å²) in [7, 11) is 0. The number of hydrogen-bond donors (Lipinski definition) is 1. The third-order valence-corrected chi connectivity index (χ3v) is 2.15. The van der Waals surface area contributed by atoms with Crippen LogP contribution in [-0.4, -0.2) is 11.7 Å². The third kappa shape index (κ3) is 5.53. The van der Waals surface area contributed by atoms with Gasteiger partial charge in [0.1, 0.15) is 11.4 Å². The molecule has 0 aromatic heterocycles. The summed E-state index contributed by atoms with van der Waals surface area (Å²) in [6, 6.07) is 6.33. The Bertz CT molecular complexity index is 554. The van der Waals surface area contributed by atoms with E-state index in [4.69, 9.17) is 10.00 Å². The Hall–Kier alpha value is -2.35. The van der Waals surface area contributed by atoms with Crippen LogP contribution < -0.4 is 5.32 Å². The van der Waals surface area contributed by atoms with E-state index in [1.165, 1.54) is 12.1 Å². The van der Waals surface area contributed by atoms with Crippen LogP contribution in [0, 0.1) is 17.1 Å². The summed E-state index contributed by atoms with van der Waals surface area (Å²) < 4.78 is 18.8. The van der Waals surface area contributed by atoms with E-state index in [0.29, 0.717) is 5.56 Å². The monoisotopic (exact) mass is 276 g/mol. The predicted molar refractivity (Wildman–Crippen MR) is 75.5 cm³/mol. The molecule has 1 aromatic carbocycles. The Morgan fingerprint density at radius 1 is 1.50 bits per heavy atom. The van der Waals surface area contributed by atoms with E-state index < -0.39 is 17.5 Å². The molecule has 1 N–H and O–H groups in total. The van der Waals surface area contributed by atoms with Gasteiger partial charge in [-0.05, 0) is 38.5 Å². The molecule has 106 valence electrons. The molecule has 0 heterocycles. The minimum absolute atomic E-state index is 0.0525. The largest absolute Gasteiger partial charge is 0.444 e. The number of amides is 1. The second kappa shape index (κ2) is 6.71. The summed E-state index contributed by atoms with van der Waals surface area (Å²) in [4.78, 5) is 11.5. The number of nitriles is 1. The molecule has 4 nitrogen and oxygen atoms in total. The van der Waals surface area contributed by atoms with Crippen molar-refractivity contribution in [1.29, 1.82) is 5.26 Å². The van der Waals surface area contributed by atoms with Crippen molar-refractivity contribution in [3.8, 4) is 6.07 Å². The number of halogens is 1. The fourth-order valence-electron chi connectivity index (χ4n) is 1.40. The van der Waals surface area contributed by atoms with E-state index in [-0.39, 0.29) is 12.1 Å². The number of anilines is 1. The van der Waals surface area contributed by atoms with Gasteiger partial charge < -0.3 is 4.74 Å². The van der Waals surface area contributed by atoms with Gasteiger partial charge in [-0.2, -0.15) is 5.26 Å². The quantitative estimate of drug-likeness (QED) is 0.904. The molecule has 0 spiro atoms. The third-order valence-electron chi connectivity index (χ3n) is 2.15. The summed E-state index contributed by atoms with van der Waals surface area (Å²) in [5.74, 6) is -0.560. The lowest BCUT2D eigenvalue weighted by atomic mass is 10.1. The van der Waals surface area contributed by atoms with Crippen molar-refractivity contribution in [1.82, 2.24) is 0 Å². The fraction of sp³-hybridized carbons (Fsp3) is 0.333. The topological polar surface area (TPSA) is 62.1 Å². The summed E-state index contributed by atoms with van der Waals surface area (Å²) in [5, 5.41) is 10.7. The van der Waals surface area contributed by atoms with Crippen LogP contribution in [0.3, 0.4) is 0 Å². The van der Waals surface area contributed by atoms with Crippen molar-refractivity contribution in [2.75, 3.05) is 5.32 Å². The van der Waals surface area contributed by atoms with Crippen molar-refractivity contribution >= 4 is 17.9 Å². The molecule has 0 bridgehead atoms. The number of allylic oxidation sites excluding steroid dienone is 1. The van der Waals surface area contributed by atoms with Gasteiger partial charge in [-0.15, -0.1) is 0 Å². The second-order valence-electron chi connectivity index (χ2n) is 5.13. The summed E-state index contributed by atoms with van der Waals surface area (Å²) in [5.41, 5.74) is 0.0322. The normalized spacial score (nSPS) is 11.2. The average Bonchev–Trinajstić information content (AvgIpc) is 2.30. The first-order valence-electron chi connectivity index (χ1n) is 6.15. The van der Waals surface area contributed by atoms with Gasteiger partial charge in [-0.25, -0.2) is 9.18 Å². The van der Waals surface area contributed by atoms with Crippen LogP contribution >= 0.6 is 0 Å². The van der Waals surface area contributed by atoms with Crippen molar-refractivity contribution in [3.05, 3.63) is 35.7 Å². The van der Waals surface area contributed by atoms with Gasteiger partial charge in [0.15, 0.2) is 0 Å². The van der Waals surface area contributed by atoms with Gasteiger partial charge in [0.2, 0.25) is 0 Å². The van der Waals surface area contributed by atoms with Gasteiger partial charge >= 0.3 is 6.09 Å². The molecular weight excluding hydrogens is 259 g/mol. The maximum atomic E-state index is 13.8. The molecule has 0 radical (unpaired) electrons. The molecule has 1 amide bonds. The molecular formula is C15H17FN2O2. The van der Waals surface area contributed by atoms with E-state index in [1.807, 2.05) is 6.07 Å². The lowest BCUT2D eigenvalue weighted by Gasteiger charge is -2.19. The van der Waals surface area contributed by atoms with Gasteiger partial charge in [-0.1, -0.05) is 18.2 Å². The van der Waals surface area contributed by atoms with Crippen molar-refractivity contribution in [3.63, 3.8) is 0 Å². The molecule has 1 rings (SSSR count). The molecule has 20 heavy (non-hydrogen) atoms. The number of nitrogens with one attached hydrogen (secondary N) is 1. The van der Waals surface area contributed by atoms with Crippen LogP contribution in [-0.2, 0) is 4.74 Å². The molecule has 1 aromatic rings. The maximum absolute atomic E-state index is 13.8. The minimum atomic E-state index is -0.704. The van der Waals surface area contributed by atoms with Crippen LogP contribution in [0.15, 0.2) is 24.3 Å². The first-order valence-corrected chi connectivity index (χ1v) is 6.15. The van der Waals surface area contributed by atoms with Crippen LogP contribution in [0.1, 0.15) is 32.8 Å². The summed E-state index contributed by atoms with van der Waals surface area (Å²) in [6.07, 6.45) is 2.84. The standard InChI is InChI=1S/C15H17FN2O2/c1-15(2,3)20-14(19)18-13-8-7-11(10-12(13)16)6-4-5-9-17/h4,6-8,10H,5H2,1-3H3,(H,18,19). The highest BCUT2D eigenvalue weighted by Gasteiger charge is 2.17. The van der Waals surface area contributed by atoms with Gasteiger partial charge in [0.25, 0.3) is 0 Å². The fourth-order valence-corrected chi connectivity index (χ4v) is 1.40. The molecule has 0 unspecified atom stereocenters. The van der Waals surface area contributed by atoms with Crippen LogP contribution in [0.4, 0.5) is 14.9 Å². The van der Waals surface area contributed by atoms with Crippen LogP contribution in [0.5, 0.6) is 0 Å². The molecule has 0 saturated carbocycles. The number of nitrogens with zero attached hydrogens (tertiary/aromatic N) is 1. The number of carbonyl (C=O) groups is 1.